The highest BCUT2D eigenvalue weighted by atomic mass is 16.6. The van der Waals surface area contributed by atoms with Crippen molar-refractivity contribution in [2.24, 2.45) is 0 Å². The second kappa shape index (κ2) is 10.7. The Morgan fingerprint density at radius 2 is 1.77 bits per heavy atom. The van der Waals surface area contributed by atoms with Crippen molar-refractivity contribution in [2.75, 3.05) is 31.7 Å². The summed E-state index contributed by atoms with van der Waals surface area (Å²) in [4.78, 5) is 35.5. The molecule has 2 aromatic rings. The molecule has 0 aliphatic carbocycles. The molecule has 0 saturated carbocycles. The lowest BCUT2D eigenvalue weighted by molar-refractivity contribution is -0.143. The first kappa shape index (κ1) is 21.7. The SMILES string of the molecule is CCOc1ccc(/C=C/C(=O)OCC(=O)NC(=O)Nc2ccc3c(c2)OCCO3)cc1. The van der Waals surface area contributed by atoms with E-state index in [-0.39, 0.29) is 0 Å². The number of benzene rings is 2. The van der Waals surface area contributed by atoms with E-state index in [0.29, 0.717) is 37.0 Å². The van der Waals surface area contributed by atoms with Crippen molar-refractivity contribution in [2.45, 2.75) is 6.92 Å². The largest absolute Gasteiger partial charge is 0.494 e. The Labute approximate surface area is 178 Å². The molecule has 9 heteroatoms. The van der Waals surface area contributed by atoms with Crippen molar-refractivity contribution in [1.29, 1.82) is 0 Å². The van der Waals surface area contributed by atoms with Crippen molar-refractivity contribution in [1.82, 2.24) is 5.32 Å². The van der Waals surface area contributed by atoms with Crippen LogP contribution in [0.25, 0.3) is 6.08 Å². The molecule has 0 aromatic heterocycles. The summed E-state index contributed by atoms with van der Waals surface area (Å²) >= 11 is 0. The number of anilines is 1. The predicted octanol–water partition coefficient (Wildman–Crippen LogP) is 2.76. The maximum Gasteiger partial charge on any atom is 0.331 e. The van der Waals surface area contributed by atoms with Crippen LogP contribution in [0.3, 0.4) is 0 Å². The number of rotatable bonds is 7. The number of ether oxygens (including phenoxy) is 4. The van der Waals surface area contributed by atoms with Crippen LogP contribution in [0.4, 0.5) is 10.5 Å². The number of hydrogen-bond donors (Lipinski definition) is 2. The van der Waals surface area contributed by atoms with E-state index < -0.39 is 24.5 Å². The molecule has 0 atom stereocenters. The number of urea groups is 1. The number of carbonyl (C=O) groups is 3. The summed E-state index contributed by atoms with van der Waals surface area (Å²) in [5.41, 5.74) is 1.19. The van der Waals surface area contributed by atoms with Crippen LogP contribution in [-0.4, -0.2) is 44.3 Å². The molecular weight excluding hydrogens is 404 g/mol. The van der Waals surface area contributed by atoms with E-state index in [1.807, 2.05) is 6.92 Å². The Morgan fingerprint density at radius 3 is 2.52 bits per heavy atom. The fraction of sp³-hybridized carbons (Fsp3) is 0.227. The van der Waals surface area contributed by atoms with Crippen LogP contribution in [0.5, 0.6) is 17.2 Å². The van der Waals surface area contributed by atoms with E-state index in [1.54, 1.807) is 48.5 Å². The second-order valence-electron chi connectivity index (χ2n) is 6.30. The van der Waals surface area contributed by atoms with Crippen LogP contribution in [-0.2, 0) is 14.3 Å². The molecular formula is C22H22N2O7. The first-order valence-electron chi connectivity index (χ1n) is 9.61. The summed E-state index contributed by atoms with van der Waals surface area (Å²) in [6, 6.07) is 11.2. The molecule has 2 aromatic carbocycles. The minimum Gasteiger partial charge on any atom is -0.494 e. The molecule has 0 fully saturated rings. The molecule has 3 amide bonds. The van der Waals surface area contributed by atoms with E-state index in [2.05, 4.69) is 10.6 Å². The number of amides is 3. The fourth-order valence-corrected chi connectivity index (χ4v) is 2.64. The molecule has 0 bridgehead atoms. The summed E-state index contributed by atoms with van der Waals surface area (Å²) in [5.74, 6) is 0.338. The minimum atomic E-state index is -0.766. The number of esters is 1. The van der Waals surface area contributed by atoms with E-state index in [9.17, 15) is 14.4 Å². The Hall–Kier alpha value is -4.01. The maximum atomic E-state index is 11.9. The Morgan fingerprint density at radius 1 is 1.03 bits per heavy atom. The predicted molar refractivity (Wildman–Crippen MR) is 112 cm³/mol. The van der Waals surface area contributed by atoms with Gasteiger partial charge in [0.05, 0.1) is 6.61 Å². The smallest absolute Gasteiger partial charge is 0.331 e. The van der Waals surface area contributed by atoms with Crippen LogP contribution in [0, 0.1) is 0 Å². The van der Waals surface area contributed by atoms with Crippen molar-refractivity contribution in [3.63, 3.8) is 0 Å². The van der Waals surface area contributed by atoms with Gasteiger partial charge < -0.3 is 24.3 Å². The number of nitrogens with one attached hydrogen (secondary N) is 2. The van der Waals surface area contributed by atoms with Crippen LogP contribution >= 0.6 is 0 Å². The summed E-state index contributed by atoms with van der Waals surface area (Å²) in [7, 11) is 0. The van der Waals surface area contributed by atoms with Crippen LogP contribution in [0.15, 0.2) is 48.5 Å². The lowest BCUT2D eigenvalue weighted by atomic mass is 10.2. The average molecular weight is 426 g/mol. The van der Waals surface area contributed by atoms with Gasteiger partial charge >= 0.3 is 12.0 Å². The highest BCUT2D eigenvalue weighted by Gasteiger charge is 2.14. The van der Waals surface area contributed by atoms with Crippen molar-refractivity contribution in [3.8, 4) is 17.2 Å². The quantitative estimate of drug-likeness (QED) is 0.517. The second-order valence-corrected chi connectivity index (χ2v) is 6.30. The third-order valence-electron chi connectivity index (χ3n) is 4.00. The Balaban J connectivity index is 1.40. The lowest BCUT2D eigenvalue weighted by Crippen LogP contribution is -2.37. The van der Waals surface area contributed by atoms with Gasteiger partial charge in [0.15, 0.2) is 18.1 Å². The van der Waals surface area contributed by atoms with Gasteiger partial charge in [0.1, 0.15) is 19.0 Å². The molecule has 2 N–H and O–H groups in total. The van der Waals surface area contributed by atoms with Gasteiger partial charge in [-0.2, -0.15) is 0 Å². The highest BCUT2D eigenvalue weighted by molar-refractivity contribution is 6.02. The Kier molecular flexibility index (Phi) is 7.47. The highest BCUT2D eigenvalue weighted by Crippen LogP contribution is 2.32. The molecule has 31 heavy (non-hydrogen) atoms. The first-order valence-corrected chi connectivity index (χ1v) is 9.61. The van der Waals surface area contributed by atoms with Crippen molar-refractivity contribution >= 4 is 29.7 Å². The topological polar surface area (TPSA) is 112 Å². The fourth-order valence-electron chi connectivity index (χ4n) is 2.64. The summed E-state index contributed by atoms with van der Waals surface area (Å²) in [5, 5.41) is 4.58. The molecule has 1 heterocycles. The molecule has 3 rings (SSSR count). The van der Waals surface area contributed by atoms with Gasteiger partial charge in [-0.25, -0.2) is 9.59 Å². The zero-order valence-corrected chi connectivity index (χ0v) is 16.9. The van der Waals surface area contributed by atoms with Crippen LogP contribution < -0.4 is 24.8 Å². The number of fused-ring (bicyclic) bond motifs is 1. The molecule has 0 spiro atoms. The summed E-state index contributed by atoms with van der Waals surface area (Å²) in [6.45, 7) is 2.74. The zero-order chi connectivity index (χ0) is 22.1. The monoisotopic (exact) mass is 426 g/mol. The third kappa shape index (κ3) is 6.77. The number of carbonyl (C=O) groups excluding carboxylic acids is 3. The van der Waals surface area contributed by atoms with Gasteiger partial charge in [-0.3, -0.25) is 10.1 Å². The first-order chi connectivity index (χ1) is 15.0. The molecule has 0 saturated heterocycles. The van der Waals surface area contributed by atoms with Crippen molar-refractivity contribution < 1.29 is 33.3 Å². The van der Waals surface area contributed by atoms with E-state index in [0.717, 1.165) is 11.3 Å². The van der Waals surface area contributed by atoms with Crippen LogP contribution in [0.2, 0.25) is 0 Å². The molecule has 162 valence electrons. The van der Waals surface area contributed by atoms with Gasteiger partial charge in [-0.15, -0.1) is 0 Å². The molecule has 0 unspecified atom stereocenters. The van der Waals surface area contributed by atoms with Gasteiger partial charge in [0.25, 0.3) is 5.91 Å². The zero-order valence-electron chi connectivity index (χ0n) is 16.9. The maximum absolute atomic E-state index is 11.9. The van der Waals surface area contributed by atoms with Crippen molar-refractivity contribution in [3.05, 3.63) is 54.1 Å². The number of hydrogen-bond acceptors (Lipinski definition) is 7. The molecule has 1 aliphatic rings. The van der Waals surface area contributed by atoms with Gasteiger partial charge in [0.2, 0.25) is 0 Å². The molecule has 0 radical (unpaired) electrons. The van der Waals surface area contributed by atoms with Gasteiger partial charge in [-0.05, 0) is 42.8 Å². The summed E-state index contributed by atoms with van der Waals surface area (Å²) in [6.07, 6.45) is 2.74. The normalized spacial score (nSPS) is 12.2. The van der Waals surface area contributed by atoms with E-state index >= 15 is 0 Å². The minimum absolute atomic E-state index is 0.416. The number of imide groups is 1. The lowest BCUT2D eigenvalue weighted by Gasteiger charge is -2.19. The summed E-state index contributed by atoms with van der Waals surface area (Å²) < 4.78 is 21.0. The Bertz CT molecular complexity index is 970. The van der Waals surface area contributed by atoms with E-state index in [1.165, 1.54) is 6.08 Å². The third-order valence-corrected chi connectivity index (χ3v) is 4.00. The molecule has 9 nitrogen and oxygen atoms in total. The molecule has 1 aliphatic heterocycles. The van der Waals surface area contributed by atoms with E-state index in [4.69, 9.17) is 18.9 Å². The van der Waals surface area contributed by atoms with Crippen LogP contribution in [0.1, 0.15) is 12.5 Å². The van der Waals surface area contributed by atoms with Gasteiger partial charge in [0, 0.05) is 17.8 Å². The standard InChI is InChI=1S/C22H22N2O7/c1-2-28-17-7-3-15(4-8-17)5-10-21(26)31-14-20(25)24-22(27)23-16-6-9-18-19(13-16)30-12-11-29-18/h3-10,13H,2,11-12,14H2,1H3,(H2,23,24,25,27)/b10-5+. The average Bonchev–Trinajstić information content (AvgIpc) is 2.77. The van der Waals surface area contributed by atoms with Gasteiger partial charge in [-0.1, -0.05) is 12.1 Å².